The van der Waals surface area contributed by atoms with E-state index in [0.29, 0.717) is 36.1 Å². The first-order valence-corrected chi connectivity index (χ1v) is 6.69. The van der Waals surface area contributed by atoms with Crippen molar-refractivity contribution in [3.05, 3.63) is 12.1 Å². The summed E-state index contributed by atoms with van der Waals surface area (Å²) in [6.07, 6.45) is 2.69. The number of nitrogens with two attached hydrogens (primary N) is 1. The monoisotopic (exact) mass is 272 g/mol. The highest BCUT2D eigenvalue weighted by atomic mass is 16.5. The Morgan fingerprint density at radius 2 is 2.30 bits per heavy atom. The molecule has 1 fully saturated rings. The average Bonchev–Trinajstić information content (AvgIpc) is 3.25. The Hall–Kier alpha value is -2.42. The largest absolute Gasteiger partial charge is 0.482 e. The molecule has 1 aromatic rings. The first-order valence-electron chi connectivity index (χ1n) is 6.69. The van der Waals surface area contributed by atoms with Gasteiger partial charge in [-0.15, -0.1) is 0 Å². The van der Waals surface area contributed by atoms with Crippen LogP contribution in [0.4, 0.5) is 17.1 Å². The average molecular weight is 272 g/mol. The van der Waals surface area contributed by atoms with Crippen LogP contribution in [-0.4, -0.2) is 25.1 Å². The molecule has 0 radical (unpaired) electrons. The van der Waals surface area contributed by atoms with Gasteiger partial charge in [-0.2, -0.15) is 5.26 Å². The molecule has 0 unspecified atom stereocenters. The molecule has 3 N–H and O–H groups in total. The Labute approximate surface area is 117 Å². The molecule has 1 aromatic carbocycles. The topological polar surface area (TPSA) is 91.4 Å². The van der Waals surface area contributed by atoms with Crippen LogP contribution in [0.1, 0.15) is 19.3 Å². The van der Waals surface area contributed by atoms with Crippen LogP contribution in [0.15, 0.2) is 12.1 Å². The number of carbonyl (C=O) groups is 1. The standard InChI is InChI=1S/C14H16N4O2/c15-4-1-5-18(9-2-3-9)12-7-11-13(6-10(12)16)20-8-14(19)17-11/h6-7,9H,1-3,5,8,16H2,(H,17,19). The van der Waals surface area contributed by atoms with E-state index in [2.05, 4.69) is 16.3 Å². The number of fused-ring (bicyclic) bond motifs is 1. The van der Waals surface area contributed by atoms with E-state index in [0.717, 1.165) is 18.5 Å². The van der Waals surface area contributed by atoms with E-state index < -0.39 is 0 Å². The second-order valence-electron chi connectivity index (χ2n) is 5.08. The molecule has 0 bridgehead atoms. The highest BCUT2D eigenvalue weighted by molar-refractivity contribution is 5.97. The summed E-state index contributed by atoms with van der Waals surface area (Å²) in [5.41, 5.74) is 8.23. The highest BCUT2D eigenvalue weighted by Crippen LogP contribution is 2.41. The quantitative estimate of drug-likeness (QED) is 0.810. The minimum atomic E-state index is -0.164. The molecule has 0 saturated heterocycles. The van der Waals surface area contributed by atoms with Crippen molar-refractivity contribution in [1.29, 1.82) is 5.26 Å². The number of hydrogen-bond acceptors (Lipinski definition) is 5. The smallest absolute Gasteiger partial charge is 0.262 e. The molecule has 3 rings (SSSR count). The minimum Gasteiger partial charge on any atom is -0.482 e. The van der Waals surface area contributed by atoms with Gasteiger partial charge in [-0.3, -0.25) is 4.79 Å². The molecular weight excluding hydrogens is 256 g/mol. The molecule has 1 aliphatic carbocycles. The first-order chi connectivity index (χ1) is 9.69. The lowest BCUT2D eigenvalue weighted by Crippen LogP contribution is -2.29. The van der Waals surface area contributed by atoms with Crippen LogP contribution >= 0.6 is 0 Å². The predicted molar refractivity (Wildman–Crippen MR) is 75.6 cm³/mol. The summed E-state index contributed by atoms with van der Waals surface area (Å²) in [6.45, 7) is 0.672. The van der Waals surface area contributed by atoms with Crippen LogP contribution in [-0.2, 0) is 4.79 Å². The summed E-state index contributed by atoms with van der Waals surface area (Å²) in [6, 6.07) is 6.20. The Bertz CT molecular complexity index is 590. The summed E-state index contributed by atoms with van der Waals surface area (Å²) >= 11 is 0. The van der Waals surface area contributed by atoms with E-state index in [1.165, 1.54) is 0 Å². The molecule has 6 nitrogen and oxygen atoms in total. The number of hydrogen-bond donors (Lipinski definition) is 2. The van der Waals surface area contributed by atoms with Gasteiger partial charge in [0.2, 0.25) is 0 Å². The number of rotatable bonds is 4. The Balaban J connectivity index is 1.93. The lowest BCUT2D eigenvalue weighted by atomic mass is 10.1. The summed E-state index contributed by atoms with van der Waals surface area (Å²) in [4.78, 5) is 13.5. The summed E-state index contributed by atoms with van der Waals surface area (Å²) in [5, 5.41) is 11.6. The highest BCUT2D eigenvalue weighted by Gasteiger charge is 2.31. The van der Waals surface area contributed by atoms with Gasteiger partial charge in [-0.05, 0) is 18.9 Å². The van der Waals surface area contributed by atoms with Crippen LogP contribution in [0, 0.1) is 11.3 Å². The maximum absolute atomic E-state index is 11.4. The van der Waals surface area contributed by atoms with Crippen molar-refractivity contribution in [2.45, 2.75) is 25.3 Å². The zero-order chi connectivity index (χ0) is 14.1. The summed E-state index contributed by atoms with van der Waals surface area (Å²) < 4.78 is 5.35. The first kappa shape index (κ1) is 12.6. The Morgan fingerprint density at radius 3 is 3.00 bits per heavy atom. The van der Waals surface area contributed by atoms with Crippen molar-refractivity contribution in [1.82, 2.24) is 0 Å². The summed E-state index contributed by atoms with van der Waals surface area (Å²) in [5.74, 6) is 0.435. The Morgan fingerprint density at radius 1 is 1.50 bits per heavy atom. The molecule has 104 valence electrons. The minimum absolute atomic E-state index is 0.0204. The molecule has 1 aliphatic heterocycles. The fourth-order valence-corrected chi connectivity index (χ4v) is 2.44. The van der Waals surface area contributed by atoms with Crippen molar-refractivity contribution in [3.8, 4) is 11.8 Å². The van der Waals surface area contributed by atoms with Crippen LogP contribution in [0.2, 0.25) is 0 Å². The third-order valence-electron chi connectivity index (χ3n) is 3.52. The number of benzene rings is 1. The van der Waals surface area contributed by atoms with Gasteiger partial charge >= 0.3 is 0 Å². The van der Waals surface area contributed by atoms with Crippen LogP contribution in [0.25, 0.3) is 0 Å². The zero-order valence-electron chi connectivity index (χ0n) is 11.1. The third kappa shape index (κ3) is 2.35. The number of nitriles is 1. The zero-order valence-corrected chi connectivity index (χ0v) is 11.1. The molecule has 1 amide bonds. The van der Waals surface area contributed by atoms with E-state index in [-0.39, 0.29) is 12.5 Å². The number of nitrogens with zero attached hydrogens (tertiary/aromatic N) is 2. The van der Waals surface area contributed by atoms with Crippen molar-refractivity contribution >= 4 is 23.0 Å². The van der Waals surface area contributed by atoms with Crippen LogP contribution in [0.5, 0.6) is 5.75 Å². The molecule has 2 aliphatic rings. The normalized spacial score (nSPS) is 16.6. The number of amides is 1. The predicted octanol–water partition coefficient (Wildman–Crippen LogP) is 1.48. The molecular formula is C14H16N4O2. The van der Waals surface area contributed by atoms with E-state index in [4.69, 9.17) is 15.7 Å². The van der Waals surface area contributed by atoms with Crippen molar-refractivity contribution in [3.63, 3.8) is 0 Å². The number of carbonyl (C=O) groups excluding carboxylic acids is 1. The fourth-order valence-electron chi connectivity index (χ4n) is 2.44. The lowest BCUT2D eigenvalue weighted by molar-refractivity contribution is -0.118. The van der Waals surface area contributed by atoms with E-state index in [1.807, 2.05) is 6.07 Å². The van der Waals surface area contributed by atoms with Gasteiger partial charge in [0.15, 0.2) is 6.61 Å². The maximum atomic E-state index is 11.4. The van der Waals surface area contributed by atoms with Gasteiger partial charge < -0.3 is 20.7 Å². The van der Waals surface area contributed by atoms with Gasteiger partial charge in [0.25, 0.3) is 5.91 Å². The van der Waals surface area contributed by atoms with Gasteiger partial charge in [0.05, 0.1) is 29.6 Å². The number of anilines is 3. The van der Waals surface area contributed by atoms with Gasteiger partial charge in [0.1, 0.15) is 5.75 Å². The number of nitrogens with one attached hydrogen (secondary N) is 1. The van der Waals surface area contributed by atoms with Crippen molar-refractivity contribution in [2.75, 3.05) is 29.1 Å². The number of ether oxygens (including phenoxy) is 1. The third-order valence-corrected chi connectivity index (χ3v) is 3.52. The molecule has 6 heteroatoms. The second kappa shape index (κ2) is 4.93. The lowest BCUT2D eigenvalue weighted by Gasteiger charge is -2.27. The molecule has 0 aromatic heterocycles. The number of nitrogen functional groups attached to an aromatic ring is 1. The van der Waals surface area contributed by atoms with Crippen LogP contribution < -0.4 is 20.7 Å². The SMILES string of the molecule is N#CCCN(c1cc2c(cc1N)OCC(=O)N2)C1CC1. The van der Waals surface area contributed by atoms with E-state index in [9.17, 15) is 4.79 Å². The molecule has 0 atom stereocenters. The van der Waals surface area contributed by atoms with Crippen molar-refractivity contribution in [2.24, 2.45) is 0 Å². The Kier molecular flexibility index (Phi) is 3.11. The van der Waals surface area contributed by atoms with Crippen LogP contribution in [0.3, 0.4) is 0 Å². The summed E-state index contributed by atoms with van der Waals surface area (Å²) in [7, 11) is 0. The van der Waals surface area contributed by atoms with Gasteiger partial charge in [-0.25, -0.2) is 0 Å². The van der Waals surface area contributed by atoms with Gasteiger partial charge in [-0.1, -0.05) is 0 Å². The molecule has 0 spiro atoms. The van der Waals surface area contributed by atoms with E-state index >= 15 is 0 Å². The van der Waals surface area contributed by atoms with E-state index in [1.54, 1.807) is 6.07 Å². The molecule has 1 heterocycles. The molecule has 1 saturated carbocycles. The maximum Gasteiger partial charge on any atom is 0.262 e. The fraction of sp³-hybridized carbons (Fsp3) is 0.429. The van der Waals surface area contributed by atoms with Gasteiger partial charge in [0, 0.05) is 18.7 Å². The molecule has 20 heavy (non-hydrogen) atoms. The second-order valence-corrected chi connectivity index (χ2v) is 5.08. The van der Waals surface area contributed by atoms with Crippen molar-refractivity contribution < 1.29 is 9.53 Å².